The molecule has 0 radical (unpaired) electrons. The third kappa shape index (κ3) is 4.67. The Kier molecular flexibility index (Phi) is 6.15. The molecule has 1 amide bonds. The Bertz CT molecular complexity index is 1260. The van der Waals surface area contributed by atoms with E-state index in [9.17, 15) is 18.0 Å². The maximum Gasteiger partial charge on any atom is 0.261 e. The van der Waals surface area contributed by atoms with Crippen LogP contribution in [0.1, 0.15) is 25.7 Å². The Morgan fingerprint density at radius 1 is 1.00 bits per heavy atom. The van der Waals surface area contributed by atoms with Crippen LogP contribution in [0.15, 0.2) is 64.5 Å². The Morgan fingerprint density at radius 3 is 2.52 bits per heavy atom. The molecule has 1 aliphatic heterocycles. The van der Waals surface area contributed by atoms with E-state index in [1.807, 2.05) is 0 Å². The highest BCUT2D eigenvalue weighted by Crippen LogP contribution is 2.22. The van der Waals surface area contributed by atoms with E-state index >= 15 is 0 Å². The third-order valence-electron chi connectivity index (χ3n) is 5.37. The lowest BCUT2D eigenvalue weighted by Crippen LogP contribution is -2.32. The quantitative estimate of drug-likeness (QED) is 0.657. The van der Waals surface area contributed by atoms with Gasteiger partial charge in [-0.3, -0.25) is 14.2 Å². The van der Waals surface area contributed by atoms with E-state index in [1.165, 1.54) is 27.3 Å². The highest BCUT2D eigenvalue weighted by molar-refractivity contribution is 7.89. The molecule has 162 valence electrons. The molecular weight excluding hydrogens is 416 g/mol. The SMILES string of the molecule is O=C(Cn1cnc2ccccc2c1=O)Nc1cccc(S(=O)(=O)N2CCCCCC2)c1. The van der Waals surface area contributed by atoms with Crippen molar-refractivity contribution in [1.29, 1.82) is 0 Å². The number of fused-ring (bicyclic) bond motifs is 1. The van der Waals surface area contributed by atoms with Gasteiger partial charge in [-0.2, -0.15) is 4.31 Å². The van der Waals surface area contributed by atoms with Crippen molar-refractivity contribution in [3.8, 4) is 0 Å². The summed E-state index contributed by atoms with van der Waals surface area (Å²) in [7, 11) is -3.62. The number of hydrogen-bond donors (Lipinski definition) is 1. The average molecular weight is 441 g/mol. The number of carbonyl (C=O) groups excluding carboxylic acids is 1. The van der Waals surface area contributed by atoms with E-state index in [4.69, 9.17) is 0 Å². The Labute approximate surface area is 180 Å². The van der Waals surface area contributed by atoms with Crippen LogP contribution in [0.25, 0.3) is 10.9 Å². The number of amides is 1. The van der Waals surface area contributed by atoms with Gasteiger partial charge in [-0.05, 0) is 43.2 Å². The van der Waals surface area contributed by atoms with E-state index < -0.39 is 15.9 Å². The summed E-state index contributed by atoms with van der Waals surface area (Å²) in [5, 5.41) is 3.12. The predicted molar refractivity (Wildman–Crippen MR) is 118 cm³/mol. The summed E-state index contributed by atoms with van der Waals surface area (Å²) in [6, 6.07) is 13.1. The second-order valence-electron chi connectivity index (χ2n) is 7.59. The lowest BCUT2D eigenvalue weighted by Gasteiger charge is -2.20. The summed E-state index contributed by atoms with van der Waals surface area (Å²) >= 11 is 0. The van der Waals surface area contributed by atoms with Crippen LogP contribution in [0.4, 0.5) is 5.69 Å². The Balaban J connectivity index is 1.51. The molecule has 2 heterocycles. The summed E-state index contributed by atoms with van der Waals surface area (Å²) in [4.78, 5) is 29.4. The molecule has 0 spiro atoms. The van der Waals surface area contributed by atoms with E-state index in [0.717, 1.165) is 25.7 Å². The zero-order valence-electron chi connectivity index (χ0n) is 17.0. The van der Waals surface area contributed by atoms with E-state index in [-0.39, 0.29) is 17.0 Å². The minimum atomic E-state index is -3.62. The van der Waals surface area contributed by atoms with Crippen molar-refractivity contribution < 1.29 is 13.2 Å². The second kappa shape index (κ2) is 8.99. The van der Waals surface area contributed by atoms with Crippen molar-refractivity contribution in [2.24, 2.45) is 0 Å². The van der Waals surface area contributed by atoms with Crippen LogP contribution in [0.5, 0.6) is 0 Å². The van der Waals surface area contributed by atoms with E-state index in [1.54, 1.807) is 36.4 Å². The molecular formula is C22H24N4O4S. The first-order valence-electron chi connectivity index (χ1n) is 10.3. The van der Waals surface area contributed by atoms with Crippen LogP contribution in [-0.2, 0) is 21.4 Å². The first-order chi connectivity index (χ1) is 14.9. The van der Waals surface area contributed by atoms with Crippen LogP contribution < -0.4 is 10.9 Å². The van der Waals surface area contributed by atoms with Gasteiger partial charge in [0.25, 0.3) is 5.56 Å². The van der Waals surface area contributed by atoms with Crippen molar-refractivity contribution >= 4 is 32.5 Å². The summed E-state index contributed by atoms with van der Waals surface area (Å²) in [5.41, 5.74) is 0.622. The summed E-state index contributed by atoms with van der Waals surface area (Å²) < 4.78 is 28.7. The number of nitrogens with zero attached hydrogens (tertiary/aromatic N) is 3. The maximum atomic E-state index is 13.0. The molecule has 31 heavy (non-hydrogen) atoms. The van der Waals surface area contributed by atoms with Gasteiger partial charge in [0.15, 0.2) is 0 Å². The highest BCUT2D eigenvalue weighted by Gasteiger charge is 2.25. The fourth-order valence-corrected chi connectivity index (χ4v) is 5.30. The van der Waals surface area contributed by atoms with Crippen molar-refractivity contribution in [1.82, 2.24) is 13.9 Å². The smallest absolute Gasteiger partial charge is 0.261 e. The molecule has 0 atom stereocenters. The topological polar surface area (TPSA) is 101 Å². The Morgan fingerprint density at radius 2 is 1.74 bits per heavy atom. The fourth-order valence-electron chi connectivity index (χ4n) is 3.74. The van der Waals surface area contributed by atoms with E-state index in [0.29, 0.717) is 29.7 Å². The van der Waals surface area contributed by atoms with Gasteiger partial charge in [-0.25, -0.2) is 13.4 Å². The number of carbonyl (C=O) groups is 1. The number of rotatable bonds is 5. The van der Waals surface area contributed by atoms with Gasteiger partial charge < -0.3 is 5.32 Å². The lowest BCUT2D eigenvalue weighted by molar-refractivity contribution is -0.116. The van der Waals surface area contributed by atoms with Gasteiger partial charge >= 0.3 is 0 Å². The number of benzene rings is 2. The van der Waals surface area contributed by atoms with Gasteiger partial charge in [-0.1, -0.05) is 31.0 Å². The molecule has 0 bridgehead atoms. The van der Waals surface area contributed by atoms with Crippen molar-refractivity contribution in [3.63, 3.8) is 0 Å². The molecule has 3 aromatic rings. The maximum absolute atomic E-state index is 13.0. The van der Waals surface area contributed by atoms with Crippen molar-refractivity contribution in [3.05, 3.63) is 65.2 Å². The monoisotopic (exact) mass is 440 g/mol. The molecule has 0 unspecified atom stereocenters. The second-order valence-corrected chi connectivity index (χ2v) is 9.53. The number of hydrogen-bond acceptors (Lipinski definition) is 5. The van der Waals surface area contributed by atoms with Gasteiger partial charge in [0.1, 0.15) is 6.54 Å². The normalized spacial score (nSPS) is 15.5. The van der Waals surface area contributed by atoms with Gasteiger partial charge in [-0.15, -0.1) is 0 Å². The zero-order chi connectivity index (χ0) is 21.8. The third-order valence-corrected chi connectivity index (χ3v) is 7.26. The number of para-hydroxylation sites is 1. The van der Waals surface area contributed by atoms with Gasteiger partial charge in [0.2, 0.25) is 15.9 Å². The molecule has 1 fully saturated rings. The predicted octanol–water partition coefficient (Wildman–Crippen LogP) is 2.60. The molecule has 9 heteroatoms. The molecule has 4 rings (SSSR count). The lowest BCUT2D eigenvalue weighted by atomic mass is 10.2. The minimum absolute atomic E-state index is 0.150. The van der Waals surface area contributed by atoms with Gasteiger partial charge in [0.05, 0.1) is 22.1 Å². The summed E-state index contributed by atoms with van der Waals surface area (Å²) in [6.07, 6.45) is 5.11. The van der Waals surface area contributed by atoms with Crippen LogP contribution in [0.3, 0.4) is 0 Å². The van der Waals surface area contributed by atoms with Crippen molar-refractivity contribution in [2.45, 2.75) is 37.1 Å². The zero-order valence-corrected chi connectivity index (χ0v) is 17.8. The van der Waals surface area contributed by atoms with Crippen LogP contribution >= 0.6 is 0 Å². The van der Waals surface area contributed by atoms with Crippen LogP contribution in [0, 0.1) is 0 Å². The number of sulfonamides is 1. The molecule has 0 aliphatic carbocycles. The molecule has 2 aromatic carbocycles. The molecule has 1 aliphatic rings. The molecule has 1 saturated heterocycles. The first kappa shape index (κ1) is 21.2. The largest absolute Gasteiger partial charge is 0.324 e. The molecule has 8 nitrogen and oxygen atoms in total. The Hall–Kier alpha value is -3.04. The average Bonchev–Trinajstić information content (AvgIpc) is 3.06. The highest BCUT2D eigenvalue weighted by atomic mass is 32.2. The van der Waals surface area contributed by atoms with Crippen LogP contribution in [0.2, 0.25) is 0 Å². The summed E-state index contributed by atoms with van der Waals surface area (Å²) in [6.45, 7) is 0.799. The molecule has 1 N–H and O–H groups in total. The fraction of sp³-hybridized carbons (Fsp3) is 0.318. The van der Waals surface area contributed by atoms with Gasteiger partial charge in [0, 0.05) is 18.8 Å². The van der Waals surface area contributed by atoms with Crippen molar-refractivity contribution in [2.75, 3.05) is 18.4 Å². The molecule has 1 aromatic heterocycles. The number of nitrogens with one attached hydrogen (secondary N) is 1. The van der Waals surface area contributed by atoms with E-state index in [2.05, 4.69) is 10.3 Å². The first-order valence-corrected chi connectivity index (χ1v) is 11.7. The minimum Gasteiger partial charge on any atom is -0.324 e. The summed E-state index contributed by atoms with van der Waals surface area (Å²) in [5.74, 6) is -0.441. The standard InChI is InChI=1S/C22H24N4O4S/c27-21(15-25-16-23-20-11-4-3-10-19(20)22(25)28)24-17-8-7-9-18(14-17)31(29,30)26-12-5-1-2-6-13-26/h3-4,7-11,14,16H,1-2,5-6,12-13,15H2,(H,24,27). The number of aromatic nitrogens is 2. The van der Waals surface area contributed by atoms with Crippen LogP contribution in [-0.4, -0.2) is 41.3 Å². The number of anilines is 1. The molecule has 0 saturated carbocycles.